The molecule has 0 spiro atoms. The number of fused-ring (bicyclic) bond motifs is 2. The first-order valence-corrected chi connectivity index (χ1v) is 9.79. The number of hydrogen-bond acceptors (Lipinski definition) is 5. The molecule has 1 aliphatic carbocycles. The van der Waals surface area contributed by atoms with E-state index in [9.17, 15) is 4.79 Å². The molecule has 2 unspecified atom stereocenters. The van der Waals surface area contributed by atoms with Crippen LogP contribution in [0.4, 0.5) is 0 Å². The fourth-order valence-corrected chi connectivity index (χ4v) is 4.43. The molecule has 0 radical (unpaired) electrons. The molecular formula is C19H27BrN2O3. The van der Waals surface area contributed by atoms with Crippen LogP contribution in [-0.2, 0) is 19.9 Å². The van der Waals surface area contributed by atoms with Crippen molar-refractivity contribution in [1.29, 1.82) is 0 Å². The van der Waals surface area contributed by atoms with E-state index in [-0.39, 0.29) is 12.6 Å². The van der Waals surface area contributed by atoms with Crippen molar-refractivity contribution in [2.75, 3.05) is 19.7 Å². The van der Waals surface area contributed by atoms with E-state index in [1.165, 1.54) is 6.42 Å². The molecule has 2 atom stereocenters. The topological polar surface area (TPSA) is 60.5 Å². The Hall–Kier alpha value is -0.980. The van der Waals surface area contributed by atoms with Crippen LogP contribution in [0.1, 0.15) is 45.7 Å². The molecule has 2 fully saturated rings. The summed E-state index contributed by atoms with van der Waals surface area (Å²) < 4.78 is 12.8. The number of pyridine rings is 1. The minimum atomic E-state index is -0.513. The van der Waals surface area contributed by atoms with Gasteiger partial charge < -0.3 is 14.8 Å². The van der Waals surface area contributed by atoms with Crippen molar-refractivity contribution >= 4 is 21.9 Å². The van der Waals surface area contributed by atoms with E-state index in [4.69, 9.17) is 9.47 Å². The summed E-state index contributed by atoms with van der Waals surface area (Å²) in [6, 6.07) is 4.02. The molecular weight excluding hydrogens is 384 g/mol. The summed E-state index contributed by atoms with van der Waals surface area (Å²) in [5, 5.41) is 3.52. The van der Waals surface area contributed by atoms with Gasteiger partial charge in [-0.1, -0.05) is 6.42 Å². The lowest BCUT2D eigenvalue weighted by atomic mass is 9.64. The van der Waals surface area contributed by atoms with Crippen molar-refractivity contribution in [1.82, 2.24) is 10.3 Å². The van der Waals surface area contributed by atoms with E-state index >= 15 is 0 Å². The summed E-state index contributed by atoms with van der Waals surface area (Å²) >= 11 is 3.45. The highest BCUT2D eigenvalue weighted by molar-refractivity contribution is 9.10. The van der Waals surface area contributed by atoms with Crippen LogP contribution in [-0.4, -0.2) is 36.3 Å². The quantitative estimate of drug-likeness (QED) is 0.770. The van der Waals surface area contributed by atoms with E-state index in [0.29, 0.717) is 11.8 Å². The summed E-state index contributed by atoms with van der Waals surface area (Å²) in [5.74, 6) is 0.313. The molecule has 2 bridgehead atoms. The van der Waals surface area contributed by atoms with E-state index < -0.39 is 11.2 Å². The van der Waals surface area contributed by atoms with Crippen molar-refractivity contribution in [2.24, 2.45) is 11.8 Å². The molecule has 1 saturated heterocycles. The monoisotopic (exact) mass is 410 g/mol. The van der Waals surface area contributed by atoms with Gasteiger partial charge in [0, 0.05) is 35.6 Å². The molecule has 1 aliphatic heterocycles. The predicted molar refractivity (Wildman–Crippen MR) is 99.1 cm³/mol. The Morgan fingerprint density at radius 2 is 2.00 bits per heavy atom. The van der Waals surface area contributed by atoms with Crippen LogP contribution in [0.5, 0.6) is 0 Å². The first-order chi connectivity index (χ1) is 11.8. The van der Waals surface area contributed by atoms with Gasteiger partial charge in [-0.3, -0.25) is 4.98 Å². The number of aromatic nitrogens is 1. The van der Waals surface area contributed by atoms with Crippen LogP contribution in [0.3, 0.4) is 0 Å². The second-order valence-corrected chi connectivity index (χ2v) is 8.93. The number of esters is 1. The first kappa shape index (κ1) is 18.8. The van der Waals surface area contributed by atoms with Gasteiger partial charge in [-0.25, -0.2) is 4.79 Å². The van der Waals surface area contributed by atoms with Crippen molar-refractivity contribution < 1.29 is 14.3 Å². The van der Waals surface area contributed by atoms with Crippen molar-refractivity contribution in [3.63, 3.8) is 0 Å². The van der Waals surface area contributed by atoms with E-state index in [1.54, 1.807) is 0 Å². The van der Waals surface area contributed by atoms with Gasteiger partial charge >= 0.3 is 5.97 Å². The van der Waals surface area contributed by atoms with E-state index in [1.807, 2.05) is 39.1 Å². The van der Waals surface area contributed by atoms with Gasteiger partial charge in [-0.15, -0.1) is 0 Å². The zero-order valence-electron chi connectivity index (χ0n) is 15.2. The van der Waals surface area contributed by atoms with E-state index in [0.717, 1.165) is 36.1 Å². The molecule has 1 aromatic rings. The number of nitrogens with one attached hydrogen (secondary N) is 1. The summed E-state index contributed by atoms with van der Waals surface area (Å²) in [7, 11) is 0. The molecule has 138 valence electrons. The van der Waals surface area contributed by atoms with Crippen molar-refractivity contribution in [3.05, 3.63) is 28.5 Å². The van der Waals surface area contributed by atoms with Crippen LogP contribution in [0.2, 0.25) is 0 Å². The fourth-order valence-electron chi connectivity index (χ4n) is 4.20. The van der Waals surface area contributed by atoms with Gasteiger partial charge in [-0.2, -0.15) is 0 Å². The van der Waals surface area contributed by atoms with Crippen LogP contribution in [0.25, 0.3) is 0 Å². The van der Waals surface area contributed by atoms with Gasteiger partial charge in [0.25, 0.3) is 0 Å². The maximum Gasteiger partial charge on any atom is 0.332 e. The largest absolute Gasteiger partial charge is 0.458 e. The molecule has 25 heavy (non-hydrogen) atoms. The number of carbonyl (C=O) groups excluding carboxylic acids is 1. The number of hydrogen-bond donors (Lipinski definition) is 1. The molecule has 1 N–H and O–H groups in total. The zero-order valence-corrected chi connectivity index (χ0v) is 16.8. The van der Waals surface area contributed by atoms with Gasteiger partial charge in [0.05, 0.1) is 5.69 Å². The first-order valence-electron chi connectivity index (χ1n) is 9.00. The van der Waals surface area contributed by atoms with Gasteiger partial charge in [0.1, 0.15) is 17.8 Å². The Morgan fingerprint density at radius 1 is 1.32 bits per heavy atom. The molecule has 1 saturated carbocycles. The summed E-state index contributed by atoms with van der Waals surface area (Å²) in [6.45, 7) is 7.36. The Bertz CT molecular complexity index is 590. The number of carbonyl (C=O) groups is 1. The van der Waals surface area contributed by atoms with Crippen molar-refractivity contribution in [2.45, 2.75) is 51.2 Å². The molecule has 1 aromatic heterocycles. The average molecular weight is 411 g/mol. The van der Waals surface area contributed by atoms with Crippen molar-refractivity contribution in [3.8, 4) is 0 Å². The Morgan fingerprint density at radius 3 is 2.56 bits per heavy atom. The van der Waals surface area contributed by atoms with Gasteiger partial charge in [-0.05, 0) is 61.7 Å². The number of rotatable bonds is 4. The highest BCUT2D eigenvalue weighted by Gasteiger charge is 2.53. The Labute approximate surface area is 158 Å². The number of piperidine rings is 1. The summed E-state index contributed by atoms with van der Waals surface area (Å²) in [4.78, 5) is 16.9. The lowest BCUT2D eigenvalue weighted by molar-refractivity contribution is -0.192. The van der Waals surface area contributed by atoms with E-state index in [2.05, 4.69) is 26.2 Å². The lowest BCUT2D eigenvalue weighted by Gasteiger charge is -2.52. The van der Waals surface area contributed by atoms with Gasteiger partial charge in [0.15, 0.2) is 0 Å². The lowest BCUT2D eigenvalue weighted by Crippen LogP contribution is -2.59. The second-order valence-electron chi connectivity index (χ2n) is 8.01. The van der Waals surface area contributed by atoms with Crippen LogP contribution < -0.4 is 5.32 Å². The molecule has 5 nitrogen and oxygen atoms in total. The normalized spacial score (nSPS) is 29.3. The molecule has 2 aliphatic rings. The zero-order chi connectivity index (χ0) is 18.1. The smallest absolute Gasteiger partial charge is 0.332 e. The van der Waals surface area contributed by atoms with Crippen LogP contribution in [0, 0.1) is 11.8 Å². The maximum absolute atomic E-state index is 12.3. The number of nitrogens with zero attached hydrogens (tertiary/aromatic N) is 1. The average Bonchev–Trinajstić information content (AvgIpc) is 2.51. The molecule has 3 rings (SSSR count). The number of ether oxygens (including phenoxy) is 2. The third-order valence-corrected chi connectivity index (χ3v) is 5.55. The third kappa shape index (κ3) is 4.07. The molecule has 0 aromatic carbocycles. The minimum absolute atomic E-state index is 0.0397. The fraction of sp³-hybridized carbons (Fsp3) is 0.684. The minimum Gasteiger partial charge on any atom is -0.458 e. The summed E-state index contributed by atoms with van der Waals surface area (Å²) in [6.07, 6.45) is 5.17. The molecule has 0 amide bonds. The molecule has 2 heterocycles. The highest BCUT2D eigenvalue weighted by Crippen LogP contribution is 2.49. The predicted octanol–water partition coefficient (Wildman–Crippen LogP) is 3.42. The SMILES string of the molecule is CC(C)(C)OC(=O)COC1(c2ccc(Br)cn2)C2CCCC1CNC2. The maximum atomic E-state index is 12.3. The van der Waals surface area contributed by atoms with Crippen LogP contribution in [0.15, 0.2) is 22.8 Å². The van der Waals surface area contributed by atoms with Gasteiger partial charge in [0.2, 0.25) is 0 Å². The molecule has 6 heteroatoms. The number of halogens is 1. The summed E-state index contributed by atoms with van der Waals surface area (Å²) in [5.41, 5.74) is -0.0929. The van der Waals surface area contributed by atoms with Crippen LogP contribution >= 0.6 is 15.9 Å². The Balaban J connectivity index is 1.87. The standard InChI is InChI=1S/C19H27BrN2O3/c1-18(2,3)25-17(23)12-24-19(16-8-7-15(20)11-22-16)13-5-4-6-14(19)10-21-9-13/h7-8,11,13-14,21H,4-6,9-10,12H2,1-3H3. The third-order valence-electron chi connectivity index (χ3n) is 5.08. The Kier molecular flexibility index (Phi) is 5.51. The second kappa shape index (κ2) is 7.33. The highest BCUT2D eigenvalue weighted by atomic mass is 79.9.